The van der Waals surface area contributed by atoms with Gasteiger partial charge in [-0.15, -0.1) is 11.3 Å². The van der Waals surface area contributed by atoms with Crippen molar-refractivity contribution in [2.45, 2.75) is 19.8 Å². The number of fused-ring (bicyclic) bond motifs is 1. The molecule has 2 aromatic carbocycles. The lowest BCUT2D eigenvalue weighted by molar-refractivity contribution is 0.0973. The molecule has 3 aromatic rings. The van der Waals surface area contributed by atoms with Gasteiger partial charge in [-0.2, -0.15) is 0 Å². The fraction of sp³-hybridized carbons (Fsp3) is 0.208. The quantitative estimate of drug-likeness (QED) is 0.599. The number of halogens is 1. The smallest absolute Gasteiger partial charge is 0.262 e. The number of nitrogens with zero attached hydrogens (tertiary/aromatic N) is 1. The Hall–Kier alpha value is -3.52. The molecule has 1 N–H and O–H groups in total. The van der Waals surface area contributed by atoms with Crippen LogP contribution in [0.25, 0.3) is 0 Å². The maximum Gasteiger partial charge on any atom is 0.262 e. The van der Waals surface area contributed by atoms with Gasteiger partial charge in [0.25, 0.3) is 11.8 Å². The zero-order valence-corrected chi connectivity index (χ0v) is 18.4. The SMILES string of the molecule is COc1cc(NC(=O)c2cccc(F)c2C)ccc1C(=O)N1CCCC(=O)c2sccc21. The average Bonchev–Trinajstić information content (AvgIpc) is 3.21. The predicted molar refractivity (Wildman–Crippen MR) is 122 cm³/mol. The van der Waals surface area contributed by atoms with Gasteiger partial charge in [0, 0.05) is 30.3 Å². The second-order valence-electron chi connectivity index (χ2n) is 7.40. The number of benzene rings is 2. The number of amides is 2. The number of carbonyl (C=O) groups excluding carboxylic acids is 3. The summed E-state index contributed by atoms with van der Waals surface area (Å²) in [5, 5.41) is 4.52. The minimum Gasteiger partial charge on any atom is -0.496 e. The Morgan fingerprint density at radius 3 is 2.75 bits per heavy atom. The van der Waals surface area contributed by atoms with Gasteiger partial charge in [0.2, 0.25) is 0 Å². The number of rotatable bonds is 4. The van der Waals surface area contributed by atoms with Crippen molar-refractivity contribution in [3.8, 4) is 5.75 Å². The van der Waals surface area contributed by atoms with E-state index in [9.17, 15) is 18.8 Å². The number of methoxy groups -OCH3 is 1. The van der Waals surface area contributed by atoms with E-state index in [4.69, 9.17) is 4.74 Å². The number of ether oxygens (including phenoxy) is 1. The summed E-state index contributed by atoms with van der Waals surface area (Å²) in [5.41, 5.74) is 1.83. The third kappa shape index (κ3) is 4.01. The second-order valence-corrected chi connectivity index (χ2v) is 8.32. The van der Waals surface area contributed by atoms with E-state index in [-0.39, 0.29) is 28.6 Å². The molecule has 0 spiro atoms. The maximum absolute atomic E-state index is 13.8. The zero-order chi connectivity index (χ0) is 22.8. The lowest BCUT2D eigenvalue weighted by Gasteiger charge is -2.22. The molecule has 1 aliphatic rings. The average molecular weight is 453 g/mol. The maximum atomic E-state index is 13.8. The monoisotopic (exact) mass is 452 g/mol. The highest BCUT2D eigenvalue weighted by Gasteiger charge is 2.28. The number of hydrogen-bond donors (Lipinski definition) is 1. The van der Waals surface area contributed by atoms with Gasteiger partial charge in [-0.3, -0.25) is 14.4 Å². The van der Waals surface area contributed by atoms with E-state index in [1.807, 2.05) is 0 Å². The molecule has 2 amide bonds. The molecule has 0 aliphatic carbocycles. The number of ketones is 1. The Labute approximate surface area is 188 Å². The fourth-order valence-corrected chi connectivity index (χ4v) is 4.57. The highest BCUT2D eigenvalue weighted by Crippen LogP contribution is 2.34. The van der Waals surface area contributed by atoms with Crippen LogP contribution in [0.15, 0.2) is 47.8 Å². The molecule has 8 heteroatoms. The first-order valence-corrected chi connectivity index (χ1v) is 11.0. The van der Waals surface area contributed by atoms with Crippen LogP contribution < -0.4 is 15.0 Å². The third-order valence-corrected chi connectivity index (χ3v) is 6.37. The van der Waals surface area contributed by atoms with E-state index >= 15 is 0 Å². The molecule has 0 bridgehead atoms. The molecule has 0 unspecified atom stereocenters. The summed E-state index contributed by atoms with van der Waals surface area (Å²) >= 11 is 1.33. The topological polar surface area (TPSA) is 75.7 Å². The largest absolute Gasteiger partial charge is 0.496 e. The number of thiophene rings is 1. The van der Waals surface area contributed by atoms with E-state index in [1.54, 1.807) is 40.6 Å². The number of anilines is 2. The van der Waals surface area contributed by atoms with Crippen LogP contribution in [0.2, 0.25) is 0 Å². The molecular formula is C24H21FN2O4S. The molecule has 0 radical (unpaired) electrons. The first-order valence-electron chi connectivity index (χ1n) is 10.1. The third-order valence-electron chi connectivity index (χ3n) is 5.42. The number of hydrogen-bond acceptors (Lipinski definition) is 5. The first kappa shape index (κ1) is 21.7. The Bertz CT molecular complexity index is 1220. The van der Waals surface area contributed by atoms with Gasteiger partial charge < -0.3 is 15.0 Å². The highest BCUT2D eigenvalue weighted by molar-refractivity contribution is 7.12. The number of nitrogens with one attached hydrogen (secondary N) is 1. The standard InChI is InChI=1S/C24H21FN2O4S/c1-14-16(5-3-6-18(14)25)23(29)26-15-8-9-17(21(13-15)31-2)24(30)27-11-4-7-20(28)22-19(27)10-12-32-22/h3,5-6,8-10,12-13H,4,7,11H2,1-2H3,(H,26,29). The molecule has 4 rings (SSSR count). The van der Waals surface area contributed by atoms with Crippen molar-refractivity contribution < 1.29 is 23.5 Å². The molecule has 1 aromatic heterocycles. The molecule has 32 heavy (non-hydrogen) atoms. The normalized spacial score (nSPS) is 13.3. The van der Waals surface area contributed by atoms with Crippen LogP contribution in [0.3, 0.4) is 0 Å². The first-order chi connectivity index (χ1) is 15.4. The molecule has 0 saturated heterocycles. The summed E-state index contributed by atoms with van der Waals surface area (Å²) in [6.45, 7) is 1.96. The van der Waals surface area contributed by atoms with Gasteiger partial charge >= 0.3 is 0 Å². The van der Waals surface area contributed by atoms with Crippen molar-refractivity contribution in [2.75, 3.05) is 23.9 Å². The van der Waals surface area contributed by atoms with Crippen LogP contribution in [-0.4, -0.2) is 31.3 Å². The second kappa shape index (κ2) is 8.92. The van der Waals surface area contributed by atoms with E-state index < -0.39 is 11.7 Å². The molecule has 6 nitrogen and oxygen atoms in total. The predicted octanol–water partition coefficient (Wildman–Crippen LogP) is 5.08. The minimum atomic E-state index is -0.461. The van der Waals surface area contributed by atoms with Gasteiger partial charge in [0.1, 0.15) is 11.6 Å². The molecule has 2 heterocycles. The van der Waals surface area contributed by atoms with Gasteiger partial charge in [-0.05, 0) is 54.6 Å². The van der Waals surface area contributed by atoms with E-state index in [0.717, 1.165) is 0 Å². The number of carbonyl (C=O) groups is 3. The summed E-state index contributed by atoms with van der Waals surface area (Å²) in [4.78, 5) is 40.4. The molecule has 0 atom stereocenters. The zero-order valence-electron chi connectivity index (χ0n) is 17.6. The Morgan fingerprint density at radius 1 is 1.16 bits per heavy atom. The van der Waals surface area contributed by atoms with Gasteiger partial charge in [-0.25, -0.2) is 4.39 Å². The van der Waals surface area contributed by atoms with Gasteiger partial charge in [0.05, 0.1) is 23.2 Å². The van der Waals surface area contributed by atoms with Crippen molar-refractivity contribution >= 4 is 40.3 Å². The van der Waals surface area contributed by atoms with Crippen LogP contribution in [0.1, 0.15) is 48.8 Å². The summed E-state index contributed by atoms with van der Waals surface area (Å²) in [7, 11) is 1.44. The Balaban J connectivity index is 1.61. The Morgan fingerprint density at radius 2 is 1.97 bits per heavy atom. The van der Waals surface area contributed by atoms with Crippen LogP contribution in [0, 0.1) is 12.7 Å². The summed E-state index contributed by atoms with van der Waals surface area (Å²) < 4.78 is 19.2. The number of Topliss-reactive ketones (excluding diaryl/α,β-unsaturated/α-hetero) is 1. The van der Waals surface area contributed by atoms with Crippen LogP contribution in [0.4, 0.5) is 15.8 Å². The highest BCUT2D eigenvalue weighted by atomic mass is 32.1. The minimum absolute atomic E-state index is 0.0444. The molecule has 0 fully saturated rings. The lowest BCUT2D eigenvalue weighted by Crippen LogP contribution is -2.31. The van der Waals surface area contributed by atoms with Crippen LogP contribution in [0.5, 0.6) is 5.75 Å². The molecule has 1 aliphatic heterocycles. The molecule has 0 saturated carbocycles. The van der Waals surface area contributed by atoms with Crippen LogP contribution >= 0.6 is 11.3 Å². The van der Waals surface area contributed by atoms with E-state index in [2.05, 4.69) is 5.32 Å². The van der Waals surface area contributed by atoms with Crippen molar-refractivity contribution in [3.05, 3.63) is 75.2 Å². The lowest BCUT2D eigenvalue weighted by atomic mass is 10.1. The van der Waals surface area contributed by atoms with Crippen molar-refractivity contribution in [3.63, 3.8) is 0 Å². The van der Waals surface area contributed by atoms with Gasteiger partial charge in [0.15, 0.2) is 5.78 Å². The van der Waals surface area contributed by atoms with Gasteiger partial charge in [-0.1, -0.05) is 6.07 Å². The summed E-state index contributed by atoms with van der Waals surface area (Å²) in [5.74, 6) is -0.869. The molecule has 164 valence electrons. The van der Waals surface area contributed by atoms with E-state index in [1.165, 1.54) is 37.5 Å². The fourth-order valence-electron chi connectivity index (χ4n) is 3.71. The molecular weight excluding hydrogens is 431 g/mol. The Kier molecular flexibility index (Phi) is 6.05. The van der Waals surface area contributed by atoms with Crippen molar-refractivity contribution in [2.24, 2.45) is 0 Å². The van der Waals surface area contributed by atoms with E-state index in [0.29, 0.717) is 41.2 Å². The van der Waals surface area contributed by atoms with Crippen molar-refractivity contribution in [1.29, 1.82) is 0 Å². The summed E-state index contributed by atoms with van der Waals surface area (Å²) in [6.07, 6.45) is 0.980. The van der Waals surface area contributed by atoms with Crippen molar-refractivity contribution in [1.82, 2.24) is 0 Å². The van der Waals surface area contributed by atoms with Crippen LogP contribution in [-0.2, 0) is 0 Å². The summed E-state index contributed by atoms with van der Waals surface area (Å²) in [6, 6.07) is 10.8.